The Morgan fingerprint density at radius 2 is 1.34 bits per heavy atom. The largest absolute Gasteiger partial charge is 0.491 e. The van der Waals surface area contributed by atoms with Crippen LogP contribution in [0.15, 0.2) is 84.9 Å². The van der Waals surface area contributed by atoms with E-state index in [9.17, 15) is 52.7 Å². The number of aromatic nitrogens is 2. The number of benzene rings is 2. The summed E-state index contributed by atoms with van der Waals surface area (Å²) in [6.45, 7) is -0.386. The van der Waals surface area contributed by atoms with Crippen LogP contribution in [0.5, 0.6) is 23.3 Å². The number of hydrogen-bond acceptors (Lipinski definition) is 19. The maximum atomic E-state index is 13.3. The van der Waals surface area contributed by atoms with E-state index in [1.165, 1.54) is 37.7 Å². The number of Topliss-reactive ketones (excluding diaryl/α,β-unsaturated/α-hetero) is 1. The maximum Gasteiger partial charge on any atom is 0.306 e. The highest BCUT2D eigenvalue weighted by Gasteiger charge is 2.29. The highest BCUT2D eigenvalue weighted by Crippen LogP contribution is 2.35. The molecule has 8 amide bonds. The number of ketones is 1. The number of hydrogen-bond donors (Lipinski definition) is 6. The molecule has 454 valence electrons. The molecule has 0 spiro atoms. The molecule has 0 bridgehead atoms. The number of thiophene rings is 1. The number of carboxylic acid groups (broad SMARTS) is 1. The summed E-state index contributed by atoms with van der Waals surface area (Å²) in [6.07, 6.45) is 3.90. The number of imide groups is 1. The van der Waals surface area contributed by atoms with Gasteiger partial charge in [-0.1, -0.05) is 48.9 Å². The molecule has 0 unspecified atom stereocenters. The lowest BCUT2D eigenvalue weighted by Crippen LogP contribution is -2.52. The summed E-state index contributed by atoms with van der Waals surface area (Å²) in [7, 11) is 2.94. The zero-order chi connectivity index (χ0) is 61.5. The van der Waals surface area contributed by atoms with Gasteiger partial charge in [0.2, 0.25) is 35.4 Å². The molecule has 26 nitrogen and oxygen atoms in total. The molecule has 0 fully saturated rings. The van der Waals surface area contributed by atoms with Crippen molar-refractivity contribution < 1.29 is 81.5 Å². The third kappa shape index (κ3) is 19.4. The number of carboxylic acids is 1. The number of carbonyl (C=O) groups is 11. The molecule has 3 aromatic heterocycles. The van der Waals surface area contributed by atoms with Gasteiger partial charge in [-0.2, -0.15) is 0 Å². The highest BCUT2D eigenvalue weighted by molar-refractivity contribution is 7.20. The number of nitrogens with one attached hydrogen (secondary N) is 5. The number of amides is 8. The first-order valence-electron chi connectivity index (χ1n) is 27.5. The first-order chi connectivity index (χ1) is 41.4. The van der Waals surface area contributed by atoms with Crippen molar-refractivity contribution in [3.8, 4) is 23.3 Å². The van der Waals surface area contributed by atoms with E-state index >= 15 is 0 Å². The lowest BCUT2D eigenvalue weighted by Gasteiger charge is -2.19. The number of esters is 1. The van der Waals surface area contributed by atoms with E-state index in [0.717, 1.165) is 10.5 Å². The molecule has 2 aliphatic heterocycles. The van der Waals surface area contributed by atoms with Gasteiger partial charge in [0.25, 0.3) is 23.6 Å². The molecule has 2 aromatic carbocycles. The van der Waals surface area contributed by atoms with Crippen LogP contribution in [-0.4, -0.2) is 150 Å². The van der Waals surface area contributed by atoms with Crippen LogP contribution in [0.3, 0.4) is 0 Å². The Labute approximate surface area is 497 Å². The van der Waals surface area contributed by atoms with E-state index in [-0.39, 0.29) is 113 Å². The average molecular weight is 1200 g/mol. The molecule has 27 heteroatoms. The monoisotopic (exact) mass is 1200 g/mol. The first-order valence-corrected chi connectivity index (χ1v) is 28.3. The second kappa shape index (κ2) is 31.8. The third-order valence-corrected chi connectivity index (χ3v) is 14.4. The van der Waals surface area contributed by atoms with Crippen molar-refractivity contribution in [2.24, 2.45) is 0 Å². The Balaban J connectivity index is 0.769. The van der Waals surface area contributed by atoms with E-state index in [2.05, 4.69) is 36.6 Å². The number of methoxy groups -OCH3 is 2. The standard InChI is InChI=1S/C59H65N9O17S/c1-81-44-27-38-33-67(34-42(38)66-58(44)83-24-9-25-84-59-45(82-2)29-46-40(65-59)28-47(86-46)43(69)17-21-55(77)78)52(74)20-22-56(79)85-35-37-13-15-39(16-14-37)63-50(72)32-62-57(80)41(26-36-10-5-3-6-11-36)64-51(73)31-61-49(71)30-60-48(70)12-7-4-8-23-68-53(75)18-19-54(68)76/h3,5-6,10-11,13-16,18-19,27-29,41H,4,7-9,12,17,20-26,30-35H2,1-2H3,(H,60,70)(H,61,71)(H,62,80)(H,63,72)(H,64,73)(H,77,78)/t41-/m0/s1. The SMILES string of the molecule is COc1cc2c(nc1OCCCOc1nc3cc(C(=O)CCC(=O)O)sc3cc1OC)CN(C(=O)CCC(=O)OCc1ccc(NC(=O)CNC(=O)[C@H](Cc3ccccc3)NC(=O)CNC(=O)CNC(=O)CCCCCN3C(=O)C=CC3=O)cc1)C2. The van der Waals surface area contributed by atoms with Crippen LogP contribution in [-0.2, 0) is 78.8 Å². The Kier molecular flexibility index (Phi) is 23.6. The number of nitrogens with zero attached hydrogens (tertiary/aromatic N) is 4. The zero-order valence-corrected chi connectivity index (χ0v) is 48.1. The lowest BCUT2D eigenvalue weighted by atomic mass is 10.1. The number of pyridine rings is 2. The van der Waals surface area contributed by atoms with Crippen molar-refractivity contribution in [1.29, 1.82) is 0 Å². The predicted octanol–water partition coefficient (Wildman–Crippen LogP) is 3.47. The summed E-state index contributed by atoms with van der Waals surface area (Å²) in [5.74, 6) is -4.75. The van der Waals surface area contributed by atoms with Gasteiger partial charge >= 0.3 is 11.9 Å². The molecule has 86 heavy (non-hydrogen) atoms. The van der Waals surface area contributed by atoms with Crippen LogP contribution < -0.4 is 45.5 Å². The zero-order valence-electron chi connectivity index (χ0n) is 47.3. The minimum Gasteiger partial charge on any atom is -0.491 e. The number of ether oxygens (including phenoxy) is 5. The molecular formula is C59H65N9O17S. The van der Waals surface area contributed by atoms with Gasteiger partial charge in [0.1, 0.15) is 12.6 Å². The normalized spacial score (nSPS) is 12.7. The Bertz CT molecular complexity index is 3340. The fraction of sp³-hybridized carbons (Fsp3) is 0.373. The molecular weight excluding hydrogens is 1140 g/mol. The van der Waals surface area contributed by atoms with Crippen molar-refractivity contribution >= 4 is 92.2 Å². The number of fused-ring (bicyclic) bond motifs is 2. The van der Waals surface area contributed by atoms with Gasteiger partial charge in [-0.25, -0.2) is 9.97 Å². The summed E-state index contributed by atoms with van der Waals surface area (Å²) in [4.78, 5) is 149. The quantitative estimate of drug-likeness (QED) is 0.0149. The van der Waals surface area contributed by atoms with Crippen molar-refractivity contribution in [3.05, 3.63) is 112 Å². The maximum absolute atomic E-state index is 13.3. The Morgan fingerprint density at radius 1 is 0.663 bits per heavy atom. The fourth-order valence-electron chi connectivity index (χ4n) is 8.73. The molecule has 7 rings (SSSR count). The van der Waals surface area contributed by atoms with Crippen LogP contribution in [0, 0.1) is 0 Å². The Morgan fingerprint density at radius 3 is 2.05 bits per heavy atom. The van der Waals surface area contributed by atoms with Crippen LogP contribution in [0.2, 0.25) is 0 Å². The number of anilines is 1. The van der Waals surface area contributed by atoms with Gasteiger partial charge in [-0.3, -0.25) is 57.6 Å². The van der Waals surface area contributed by atoms with Crippen molar-refractivity contribution in [3.63, 3.8) is 0 Å². The molecule has 5 heterocycles. The van der Waals surface area contributed by atoms with E-state index in [0.29, 0.717) is 74.8 Å². The van der Waals surface area contributed by atoms with Crippen LogP contribution in [0.1, 0.15) is 89.8 Å². The summed E-state index contributed by atoms with van der Waals surface area (Å²) >= 11 is 1.19. The van der Waals surface area contributed by atoms with Crippen molar-refractivity contribution in [1.82, 2.24) is 41.0 Å². The van der Waals surface area contributed by atoms with Gasteiger partial charge in [0, 0.05) is 69.1 Å². The van der Waals surface area contributed by atoms with E-state index in [4.69, 9.17) is 28.8 Å². The molecule has 0 radical (unpaired) electrons. The number of carbonyl (C=O) groups excluding carboxylic acids is 10. The van der Waals surface area contributed by atoms with Crippen LogP contribution in [0.4, 0.5) is 5.69 Å². The Hall–Kier alpha value is -9.79. The second-order valence-electron chi connectivity index (χ2n) is 19.7. The predicted molar refractivity (Wildman–Crippen MR) is 308 cm³/mol. The third-order valence-electron chi connectivity index (χ3n) is 13.3. The van der Waals surface area contributed by atoms with Crippen LogP contribution in [0.25, 0.3) is 10.2 Å². The molecule has 0 saturated heterocycles. The molecule has 5 aromatic rings. The summed E-state index contributed by atoms with van der Waals surface area (Å²) in [5, 5.41) is 21.6. The minimum atomic E-state index is -1.13. The number of unbranched alkanes of at least 4 members (excludes halogenated alkanes) is 2. The smallest absolute Gasteiger partial charge is 0.306 e. The summed E-state index contributed by atoms with van der Waals surface area (Å²) in [6, 6.07) is 19.2. The lowest BCUT2D eigenvalue weighted by molar-refractivity contribution is -0.147. The minimum absolute atomic E-state index is 0.0671. The van der Waals surface area contributed by atoms with E-state index in [1.807, 2.05) is 0 Å². The molecule has 0 saturated carbocycles. The highest BCUT2D eigenvalue weighted by atomic mass is 32.1. The molecule has 1 atom stereocenters. The first kappa shape index (κ1) is 63.8. The van der Waals surface area contributed by atoms with E-state index in [1.54, 1.807) is 77.7 Å². The van der Waals surface area contributed by atoms with Gasteiger partial charge < -0.3 is 60.3 Å². The molecule has 0 aliphatic carbocycles. The summed E-state index contributed by atoms with van der Waals surface area (Å²) in [5.41, 5.74) is 3.58. The summed E-state index contributed by atoms with van der Waals surface area (Å²) < 4.78 is 29.0. The van der Waals surface area contributed by atoms with Crippen molar-refractivity contribution in [2.45, 2.75) is 89.9 Å². The topological polar surface area (TPSA) is 347 Å². The second-order valence-corrected chi connectivity index (χ2v) is 20.8. The van der Waals surface area contributed by atoms with E-state index < -0.39 is 67.2 Å². The fourth-order valence-corrected chi connectivity index (χ4v) is 9.73. The van der Waals surface area contributed by atoms with Gasteiger partial charge in [-0.05, 0) is 53.8 Å². The van der Waals surface area contributed by atoms with Crippen molar-refractivity contribution in [2.75, 3.05) is 58.9 Å². The van der Waals surface area contributed by atoms with Gasteiger partial charge in [0.05, 0.1) is 87.2 Å². The van der Waals surface area contributed by atoms with Crippen LogP contribution >= 0.6 is 11.3 Å². The van der Waals surface area contributed by atoms with Gasteiger partial charge in [0.15, 0.2) is 17.3 Å². The van der Waals surface area contributed by atoms with Gasteiger partial charge in [-0.15, -0.1) is 11.3 Å². The average Bonchev–Trinajstić information content (AvgIpc) is 2.33. The molecule has 6 N–H and O–H groups in total. The molecule has 2 aliphatic rings. The number of rotatable bonds is 34. The number of aliphatic carboxylic acids is 1.